The molecule has 2 heterocycles. The van der Waals surface area contributed by atoms with Crippen LogP contribution in [0.4, 0.5) is 0 Å². The number of ether oxygens (including phenoxy) is 1. The van der Waals surface area contributed by atoms with E-state index >= 15 is 0 Å². The molecular formula is C8H10N2O4S2. The van der Waals surface area contributed by atoms with Crippen LogP contribution in [0.5, 0.6) is 0 Å². The Labute approximate surface area is 96.7 Å². The van der Waals surface area contributed by atoms with Crippen LogP contribution in [0, 0.1) is 6.92 Å². The maximum atomic E-state index is 11.4. The predicted octanol–water partition coefficient (Wildman–Crippen LogP) is 0.412. The topological polar surface area (TPSA) is 91.0 Å². The van der Waals surface area contributed by atoms with E-state index in [9.17, 15) is 8.42 Å². The van der Waals surface area contributed by atoms with Crippen molar-refractivity contribution in [2.45, 2.75) is 11.8 Å². The lowest BCUT2D eigenvalue weighted by molar-refractivity contribution is 0.0654. The molecular weight excluding hydrogens is 252 g/mol. The summed E-state index contributed by atoms with van der Waals surface area (Å²) in [7, 11) is -3.78. The number of thiophene rings is 1. The number of sulfonamides is 1. The average molecular weight is 262 g/mol. The van der Waals surface area contributed by atoms with Gasteiger partial charge in [-0.2, -0.15) is 0 Å². The van der Waals surface area contributed by atoms with E-state index in [-0.39, 0.29) is 10.8 Å². The standard InChI is InChI=1S/C8H10N2O4S2/c1-5-7(16(9,11)12)6(4-15-5)8-10-14-3-2-13-8/h4H,2-3H2,1H3,(H2,9,11,12). The fourth-order valence-electron chi connectivity index (χ4n) is 1.38. The molecule has 0 aliphatic carbocycles. The largest absolute Gasteiger partial charge is 0.471 e. The second kappa shape index (κ2) is 4.04. The maximum Gasteiger partial charge on any atom is 0.259 e. The lowest BCUT2D eigenvalue weighted by Crippen LogP contribution is -2.21. The van der Waals surface area contributed by atoms with Gasteiger partial charge in [0.15, 0.2) is 6.61 Å². The number of nitrogens with two attached hydrogens (primary N) is 1. The van der Waals surface area contributed by atoms with Crippen LogP contribution in [-0.4, -0.2) is 27.5 Å². The first-order valence-corrected chi connectivity index (χ1v) is 6.87. The van der Waals surface area contributed by atoms with Crippen LogP contribution in [0.25, 0.3) is 0 Å². The number of rotatable bonds is 2. The molecule has 0 spiro atoms. The average Bonchev–Trinajstić information content (AvgIpc) is 2.61. The van der Waals surface area contributed by atoms with Gasteiger partial charge in [-0.25, -0.2) is 13.6 Å². The van der Waals surface area contributed by atoms with Crippen molar-refractivity contribution < 1.29 is 18.0 Å². The monoisotopic (exact) mass is 262 g/mol. The molecule has 0 unspecified atom stereocenters. The quantitative estimate of drug-likeness (QED) is 0.835. The van der Waals surface area contributed by atoms with Crippen LogP contribution in [0.3, 0.4) is 0 Å². The van der Waals surface area contributed by atoms with Crippen LogP contribution < -0.4 is 5.14 Å². The number of primary sulfonamides is 1. The van der Waals surface area contributed by atoms with Gasteiger partial charge in [0.05, 0.1) is 5.56 Å². The molecule has 2 rings (SSSR count). The van der Waals surface area contributed by atoms with Gasteiger partial charge in [-0.1, -0.05) is 0 Å². The summed E-state index contributed by atoms with van der Waals surface area (Å²) in [5, 5.41) is 10.4. The molecule has 2 N–H and O–H groups in total. The highest BCUT2D eigenvalue weighted by molar-refractivity contribution is 7.89. The van der Waals surface area contributed by atoms with Crippen molar-refractivity contribution in [1.29, 1.82) is 0 Å². The van der Waals surface area contributed by atoms with Gasteiger partial charge in [0.1, 0.15) is 11.5 Å². The number of nitrogens with zero attached hydrogens (tertiary/aromatic N) is 1. The highest BCUT2D eigenvalue weighted by Crippen LogP contribution is 2.27. The van der Waals surface area contributed by atoms with Crippen LogP contribution in [-0.2, 0) is 19.6 Å². The Kier molecular flexibility index (Phi) is 2.87. The Morgan fingerprint density at radius 2 is 2.25 bits per heavy atom. The van der Waals surface area contributed by atoms with E-state index in [4.69, 9.17) is 14.7 Å². The first-order chi connectivity index (χ1) is 7.50. The number of hydrogen-bond donors (Lipinski definition) is 1. The molecule has 16 heavy (non-hydrogen) atoms. The van der Waals surface area contributed by atoms with Gasteiger partial charge >= 0.3 is 0 Å². The second-order valence-electron chi connectivity index (χ2n) is 3.16. The second-order valence-corrected chi connectivity index (χ2v) is 5.74. The third-order valence-corrected chi connectivity index (χ3v) is 4.13. The molecule has 88 valence electrons. The van der Waals surface area contributed by atoms with Gasteiger partial charge in [0.25, 0.3) is 5.90 Å². The molecule has 1 aromatic rings. The van der Waals surface area contributed by atoms with Crippen LogP contribution in [0.1, 0.15) is 10.4 Å². The summed E-state index contributed by atoms with van der Waals surface area (Å²) in [5.74, 6) is 0.166. The van der Waals surface area contributed by atoms with Crippen LogP contribution in [0.15, 0.2) is 15.4 Å². The number of hydrogen-bond acceptors (Lipinski definition) is 6. The Morgan fingerprint density at radius 3 is 2.81 bits per heavy atom. The lowest BCUT2D eigenvalue weighted by Gasteiger charge is -2.13. The smallest absolute Gasteiger partial charge is 0.259 e. The van der Waals surface area contributed by atoms with E-state index in [0.717, 1.165) is 0 Å². The molecule has 1 aliphatic rings. The van der Waals surface area contributed by atoms with Crippen LogP contribution >= 0.6 is 11.3 Å². The zero-order chi connectivity index (χ0) is 11.8. The molecule has 0 radical (unpaired) electrons. The first-order valence-electron chi connectivity index (χ1n) is 4.44. The van der Waals surface area contributed by atoms with Gasteiger partial charge in [-0.15, -0.1) is 11.3 Å². The van der Waals surface area contributed by atoms with Crippen molar-refractivity contribution in [1.82, 2.24) is 0 Å². The molecule has 0 saturated heterocycles. The summed E-state index contributed by atoms with van der Waals surface area (Å²) >= 11 is 1.28. The number of aryl methyl sites for hydroxylation is 1. The lowest BCUT2D eigenvalue weighted by atomic mass is 10.3. The normalized spacial score (nSPS) is 16.2. The molecule has 8 heteroatoms. The molecule has 0 aromatic carbocycles. The Balaban J connectivity index is 2.54. The third-order valence-electron chi connectivity index (χ3n) is 1.99. The predicted molar refractivity (Wildman–Crippen MR) is 58.9 cm³/mol. The van der Waals surface area contributed by atoms with Gasteiger partial charge in [0, 0.05) is 10.3 Å². The fraction of sp³-hybridized carbons (Fsp3) is 0.375. The SMILES string of the molecule is Cc1scc(C2=NOCCO2)c1S(N)(=O)=O. The minimum Gasteiger partial charge on any atom is -0.471 e. The first kappa shape index (κ1) is 11.4. The third kappa shape index (κ3) is 2.04. The van der Waals surface area contributed by atoms with Crippen LogP contribution in [0.2, 0.25) is 0 Å². The van der Waals surface area contributed by atoms with Crippen molar-refractivity contribution in [3.63, 3.8) is 0 Å². The van der Waals surface area contributed by atoms with Gasteiger partial charge < -0.3 is 9.57 Å². The minimum atomic E-state index is -3.78. The molecule has 0 atom stereocenters. The van der Waals surface area contributed by atoms with Crippen molar-refractivity contribution >= 4 is 27.3 Å². The minimum absolute atomic E-state index is 0.0572. The molecule has 0 bridgehead atoms. The Hall–Kier alpha value is -1.12. The van der Waals surface area contributed by atoms with Crippen molar-refractivity contribution in [2.75, 3.05) is 13.2 Å². The number of oxime groups is 1. The van der Waals surface area contributed by atoms with E-state index in [1.807, 2.05) is 0 Å². The van der Waals surface area contributed by atoms with Gasteiger partial charge in [-0.05, 0) is 12.1 Å². The van der Waals surface area contributed by atoms with Crippen molar-refractivity contribution in [3.8, 4) is 0 Å². The molecule has 0 fully saturated rings. The van der Waals surface area contributed by atoms with E-state index in [0.29, 0.717) is 23.7 Å². The molecule has 1 aromatic heterocycles. The molecule has 6 nitrogen and oxygen atoms in total. The Morgan fingerprint density at radius 1 is 1.50 bits per heavy atom. The van der Waals surface area contributed by atoms with Gasteiger partial charge in [0.2, 0.25) is 10.0 Å². The summed E-state index contributed by atoms with van der Waals surface area (Å²) < 4.78 is 28.0. The van der Waals surface area contributed by atoms with E-state index in [2.05, 4.69) is 5.16 Å². The summed E-state index contributed by atoms with van der Waals surface area (Å²) in [5.41, 5.74) is 0.365. The summed E-state index contributed by atoms with van der Waals surface area (Å²) in [4.78, 5) is 5.51. The van der Waals surface area contributed by atoms with Gasteiger partial charge in [-0.3, -0.25) is 0 Å². The fourth-order valence-corrected chi connectivity index (χ4v) is 3.53. The zero-order valence-electron chi connectivity index (χ0n) is 8.47. The summed E-state index contributed by atoms with van der Waals surface area (Å²) in [6.07, 6.45) is 0. The molecule has 1 aliphatic heterocycles. The summed E-state index contributed by atoms with van der Waals surface area (Å²) in [6.45, 7) is 2.38. The highest BCUT2D eigenvalue weighted by Gasteiger charge is 2.25. The van der Waals surface area contributed by atoms with E-state index in [1.165, 1.54) is 11.3 Å². The Bertz CT molecular complexity index is 532. The van der Waals surface area contributed by atoms with E-state index < -0.39 is 10.0 Å². The molecule has 0 amide bonds. The van der Waals surface area contributed by atoms with Crippen molar-refractivity contribution in [3.05, 3.63) is 15.8 Å². The zero-order valence-corrected chi connectivity index (χ0v) is 10.1. The van der Waals surface area contributed by atoms with Crippen molar-refractivity contribution in [2.24, 2.45) is 10.3 Å². The summed E-state index contributed by atoms with van der Waals surface area (Å²) in [6, 6.07) is 0. The maximum absolute atomic E-state index is 11.4. The molecule has 0 saturated carbocycles. The van der Waals surface area contributed by atoms with E-state index in [1.54, 1.807) is 12.3 Å². The highest BCUT2D eigenvalue weighted by atomic mass is 32.2.